The van der Waals surface area contributed by atoms with Gasteiger partial charge in [0, 0.05) is 16.0 Å². The molecule has 2 aromatic carbocycles. The molecule has 1 saturated heterocycles. The molecule has 0 radical (unpaired) electrons. The molecule has 1 fully saturated rings. The maximum atomic E-state index is 6.17. The second-order valence-electron chi connectivity index (χ2n) is 7.20. The Morgan fingerprint density at radius 2 is 1.81 bits per heavy atom. The van der Waals surface area contributed by atoms with E-state index in [1.54, 1.807) is 0 Å². The van der Waals surface area contributed by atoms with Crippen LogP contribution in [0.25, 0.3) is 0 Å². The minimum atomic E-state index is 0.343. The SMILES string of the molecule is Clc1cc(Br)cc(CC2CCN(CCc3ccc4c(c3)OCO4)CC2)c1. The van der Waals surface area contributed by atoms with E-state index in [2.05, 4.69) is 45.1 Å². The van der Waals surface area contributed by atoms with Gasteiger partial charge in [-0.2, -0.15) is 0 Å². The molecule has 0 atom stereocenters. The second kappa shape index (κ2) is 8.20. The maximum Gasteiger partial charge on any atom is 0.231 e. The van der Waals surface area contributed by atoms with Gasteiger partial charge in [-0.1, -0.05) is 33.6 Å². The number of hydrogen-bond acceptors (Lipinski definition) is 3. The van der Waals surface area contributed by atoms with Crippen molar-refractivity contribution in [1.29, 1.82) is 0 Å². The van der Waals surface area contributed by atoms with Crippen LogP contribution in [0.5, 0.6) is 11.5 Å². The number of halogens is 2. The number of benzene rings is 2. The van der Waals surface area contributed by atoms with Crippen molar-refractivity contribution in [2.75, 3.05) is 26.4 Å². The van der Waals surface area contributed by atoms with Crippen molar-refractivity contribution in [1.82, 2.24) is 4.90 Å². The number of hydrogen-bond donors (Lipinski definition) is 0. The summed E-state index contributed by atoms with van der Waals surface area (Å²) in [6.07, 6.45) is 4.69. The Labute approximate surface area is 168 Å². The van der Waals surface area contributed by atoms with Gasteiger partial charge in [-0.05, 0) is 86.1 Å². The number of fused-ring (bicyclic) bond motifs is 1. The Morgan fingerprint density at radius 1 is 1.00 bits per heavy atom. The van der Waals surface area contributed by atoms with Crippen LogP contribution in [0.15, 0.2) is 40.9 Å². The molecule has 0 aliphatic carbocycles. The summed E-state index contributed by atoms with van der Waals surface area (Å²) in [6, 6.07) is 12.5. The van der Waals surface area contributed by atoms with E-state index in [-0.39, 0.29) is 0 Å². The van der Waals surface area contributed by atoms with E-state index in [0.29, 0.717) is 6.79 Å². The minimum Gasteiger partial charge on any atom is -0.454 e. The normalized spacial score (nSPS) is 17.6. The molecule has 2 aliphatic heterocycles. The molecule has 4 rings (SSSR count). The van der Waals surface area contributed by atoms with Gasteiger partial charge in [0.05, 0.1) is 0 Å². The highest BCUT2D eigenvalue weighted by molar-refractivity contribution is 9.10. The molecule has 2 heterocycles. The summed E-state index contributed by atoms with van der Waals surface area (Å²) in [6.45, 7) is 3.80. The summed E-state index contributed by atoms with van der Waals surface area (Å²) in [4.78, 5) is 2.58. The van der Waals surface area contributed by atoms with E-state index < -0.39 is 0 Å². The van der Waals surface area contributed by atoms with Gasteiger partial charge in [0.15, 0.2) is 11.5 Å². The van der Waals surface area contributed by atoms with Gasteiger partial charge in [-0.15, -0.1) is 0 Å². The Balaban J connectivity index is 1.24. The van der Waals surface area contributed by atoms with Crippen LogP contribution in [-0.4, -0.2) is 31.3 Å². The van der Waals surface area contributed by atoms with Crippen LogP contribution in [-0.2, 0) is 12.8 Å². The zero-order chi connectivity index (χ0) is 17.9. The predicted octanol–water partition coefficient (Wildman–Crippen LogP) is 5.33. The number of nitrogens with zero attached hydrogens (tertiary/aromatic N) is 1. The molecule has 0 N–H and O–H groups in total. The summed E-state index contributed by atoms with van der Waals surface area (Å²) < 4.78 is 11.9. The van der Waals surface area contributed by atoms with Crippen molar-refractivity contribution in [2.24, 2.45) is 5.92 Å². The third kappa shape index (κ3) is 4.54. The Kier molecular flexibility index (Phi) is 5.72. The number of ether oxygens (including phenoxy) is 2. The van der Waals surface area contributed by atoms with E-state index in [9.17, 15) is 0 Å². The van der Waals surface area contributed by atoms with Gasteiger partial charge in [-0.3, -0.25) is 0 Å². The topological polar surface area (TPSA) is 21.7 Å². The maximum absolute atomic E-state index is 6.17. The van der Waals surface area contributed by atoms with Crippen LogP contribution in [0, 0.1) is 5.92 Å². The lowest BCUT2D eigenvalue weighted by molar-refractivity contribution is 0.174. The molecule has 0 aromatic heterocycles. The highest BCUT2D eigenvalue weighted by Gasteiger charge is 2.20. The third-order valence-corrected chi connectivity index (χ3v) is 5.98. The first-order chi connectivity index (χ1) is 12.7. The van der Waals surface area contributed by atoms with Crippen LogP contribution >= 0.6 is 27.5 Å². The molecule has 2 aliphatic rings. The first kappa shape index (κ1) is 18.1. The summed E-state index contributed by atoms with van der Waals surface area (Å²) in [5.41, 5.74) is 2.66. The fraction of sp³-hybridized carbons (Fsp3) is 0.429. The van der Waals surface area contributed by atoms with Gasteiger partial charge >= 0.3 is 0 Å². The molecule has 5 heteroatoms. The number of likely N-dealkylation sites (tertiary alicyclic amines) is 1. The molecule has 26 heavy (non-hydrogen) atoms. The van der Waals surface area contributed by atoms with E-state index >= 15 is 0 Å². The van der Waals surface area contributed by atoms with Crippen molar-refractivity contribution in [3.63, 3.8) is 0 Å². The standard InChI is InChI=1S/C21H23BrClNO2/c22-18-10-17(11-19(23)13-18)9-16-4-7-24(8-5-16)6-3-15-1-2-20-21(12-15)26-14-25-20/h1-2,10-13,16H,3-9,14H2. The molecule has 0 saturated carbocycles. The molecule has 3 nitrogen and oxygen atoms in total. The van der Waals surface area contributed by atoms with Crippen molar-refractivity contribution < 1.29 is 9.47 Å². The third-order valence-electron chi connectivity index (χ3n) is 5.31. The van der Waals surface area contributed by atoms with Crippen LogP contribution < -0.4 is 9.47 Å². The summed E-state index contributed by atoms with van der Waals surface area (Å²) in [7, 11) is 0. The van der Waals surface area contributed by atoms with Crippen molar-refractivity contribution in [3.8, 4) is 11.5 Å². The fourth-order valence-electron chi connectivity index (χ4n) is 3.86. The average Bonchev–Trinajstić information content (AvgIpc) is 3.08. The largest absolute Gasteiger partial charge is 0.454 e. The molecule has 138 valence electrons. The molecule has 0 spiro atoms. The van der Waals surface area contributed by atoms with Crippen molar-refractivity contribution >= 4 is 27.5 Å². The monoisotopic (exact) mass is 435 g/mol. The number of piperidine rings is 1. The van der Waals surface area contributed by atoms with E-state index in [0.717, 1.165) is 46.3 Å². The van der Waals surface area contributed by atoms with Gasteiger partial charge in [0.25, 0.3) is 0 Å². The van der Waals surface area contributed by atoms with Crippen LogP contribution in [0.2, 0.25) is 5.02 Å². The lowest BCUT2D eigenvalue weighted by atomic mass is 9.90. The zero-order valence-electron chi connectivity index (χ0n) is 14.7. The number of rotatable bonds is 5. The molecular formula is C21H23BrClNO2. The Hall–Kier alpha value is -1.23. The van der Waals surface area contributed by atoms with Crippen molar-refractivity contribution in [2.45, 2.75) is 25.7 Å². The summed E-state index contributed by atoms with van der Waals surface area (Å²) >= 11 is 9.71. The fourth-order valence-corrected chi connectivity index (χ4v) is 4.79. The lowest BCUT2D eigenvalue weighted by Gasteiger charge is -2.32. The van der Waals surface area contributed by atoms with Crippen LogP contribution in [0.1, 0.15) is 24.0 Å². The van der Waals surface area contributed by atoms with Crippen LogP contribution in [0.4, 0.5) is 0 Å². The summed E-state index contributed by atoms with van der Waals surface area (Å²) in [5.74, 6) is 2.50. The summed E-state index contributed by atoms with van der Waals surface area (Å²) in [5, 5.41) is 0.815. The average molecular weight is 437 g/mol. The minimum absolute atomic E-state index is 0.343. The van der Waals surface area contributed by atoms with Gasteiger partial charge in [-0.25, -0.2) is 0 Å². The smallest absolute Gasteiger partial charge is 0.231 e. The molecule has 0 unspecified atom stereocenters. The van der Waals surface area contributed by atoms with Crippen molar-refractivity contribution in [3.05, 3.63) is 57.0 Å². The second-order valence-corrected chi connectivity index (χ2v) is 8.56. The van der Waals surface area contributed by atoms with Gasteiger partial charge < -0.3 is 14.4 Å². The molecular weight excluding hydrogens is 414 g/mol. The highest BCUT2D eigenvalue weighted by atomic mass is 79.9. The quantitative estimate of drug-likeness (QED) is 0.632. The first-order valence-corrected chi connectivity index (χ1v) is 10.4. The van der Waals surface area contributed by atoms with Gasteiger partial charge in [0.2, 0.25) is 6.79 Å². The predicted molar refractivity (Wildman–Crippen MR) is 108 cm³/mol. The van der Waals surface area contributed by atoms with E-state index in [4.69, 9.17) is 21.1 Å². The van der Waals surface area contributed by atoms with Gasteiger partial charge in [0.1, 0.15) is 0 Å². The van der Waals surface area contributed by atoms with E-state index in [1.165, 1.54) is 37.1 Å². The highest BCUT2D eigenvalue weighted by Crippen LogP contribution is 2.33. The molecule has 0 bridgehead atoms. The lowest BCUT2D eigenvalue weighted by Crippen LogP contribution is -2.35. The van der Waals surface area contributed by atoms with E-state index in [1.807, 2.05) is 12.1 Å². The van der Waals surface area contributed by atoms with Crippen LogP contribution in [0.3, 0.4) is 0 Å². The Bertz CT molecular complexity index is 754. The Morgan fingerprint density at radius 3 is 2.62 bits per heavy atom. The first-order valence-electron chi connectivity index (χ1n) is 9.21. The molecule has 0 amide bonds. The zero-order valence-corrected chi connectivity index (χ0v) is 17.1. The molecule has 2 aromatic rings.